The number of aromatic nitrogens is 2. The molecule has 0 radical (unpaired) electrons. The fraction of sp³-hybridized carbons (Fsp3) is 0.474. The Morgan fingerprint density at radius 3 is 2.38 bits per heavy atom. The molecule has 1 fully saturated rings. The van der Waals surface area contributed by atoms with E-state index in [1.54, 1.807) is 0 Å². The van der Waals surface area contributed by atoms with Crippen molar-refractivity contribution in [1.82, 2.24) is 14.9 Å². The number of benzene rings is 2. The molecule has 5 rings (SSSR count). The number of pyridine rings is 1. The van der Waals surface area contributed by atoms with E-state index in [1.807, 2.05) is 12.3 Å². The van der Waals surface area contributed by atoms with E-state index in [9.17, 15) is 4.79 Å². The Morgan fingerprint density at radius 1 is 0.905 bits per heavy atom. The Balaban J connectivity index is 1.24. The lowest BCUT2D eigenvalue weighted by atomic mass is 9.82. The fourth-order valence-corrected chi connectivity index (χ4v) is 6.86. The molecule has 4 aromatic rings. The number of fused-ring (bicyclic) bond motifs is 1. The van der Waals surface area contributed by atoms with Crippen LogP contribution in [0.3, 0.4) is 0 Å². The van der Waals surface area contributed by atoms with Crippen molar-refractivity contribution in [2.45, 2.75) is 103 Å². The number of amides is 1. The van der Waals surface area contributed by atoms with Gasteiger partial charge in [0.2, 0.25) is 5.91 Å². The number of unbranched alkanes of at least 4 members (excludes halogenated alkanes) is 1. The first-order valence-electron chi connectivity index (χ1n) is 16.5. The number of rotatable bonds is 13. The van der Waals surface area contributed by atoms with Crippen LogP contribution in [-0.4, -0.2) is 15.5 Å². The molecule has 0 spiro atoms. The fourth-order valence-electron chi connectivity index (χ4n) is 6.86. The Kier molecular flexibility index (Phi) is 10.9. The van der Waals surface area contributed by atoms with Crippen LogP contribution in [0.5, 0.6) is 0 Å². The number of aryl methyl sites for hydroxylation is 1. The topological polar surface area (TPSA) is 46.9 Å². The Labute approximate surface area is 253 Å². The van der Waals surface area contributed by atoms with Gasteiger partial charge in [-0.1, -0.05) is 100 Å². The van der Waals surface area contributed by atoms with Crippen molar-refractivity contribution in [1.29, 1.82) is 0 Å². The first kappa shape index (κ1) is 30.1. The zero-order valence-corrected chi connectivity index (χ0v) is 25.7. The van der Waals surface area contributed by atoms with E-state index >= 15 is 0 Å². The van der Waals surface area contributed by atoms with E-state index in [-0.39, 0.29) is 11.8 Å². The van der Waals surface area contributed by atoms with Crippen LogP contribution < -0.4 is 5.32 Å². The molecule has 4 nitrogen and oxygen atoms in total. The summed E-state index contributed by atoms with van der Waals surface area (Å²) >= 11 is 0. The van der Waals surface area contributed by atoms with Gasteiger partial charge in [-0.15, -0.1) is 0 Å². The highest BCUT2D eigenvalue weighted by Crippen LogP contribution is 2.35. The lowest BCUT2D eigenvalue weighted by Gasteiger charge is -2.26. The number of hydrogen-bond acceptors (Lipinski definition) is 2. The predicted molar refractivity (Wildman–Crippen MR) is 175 cm³/mol. The first-order valence-corrected chi connectivity index (χ1v) is 16.5. The highest BCUT2D eigenvalue weighted by molar-refractivity contribution is 5.94. The van der Waals surface area contributed by atoms with E-state index in [0.717, 1.165) is 31.3 Å². The van der Waals surface area contributed by atoms with Crippen molar-refractivity contribution in [2.75, 3.05) is 0 Å². The maximum atomic E-state index is 13.7. The molecule has 2 atom stereocenters. The molecule has 1 amide bonds. The summed E-state index contributed by atoms with van der Waals surface area (Å²) in [5.41, 5.74) is 6.08. The third-order valence-corrected chi connectivity index (χ3v) is 9.40. The summed E-state index contributed by atoms with van der Waals surface area (Å²) < 4.78 is 2.35. The Hall–Kier alpha value is -3.40. The van der Waals surface area contributed by atoms with Crippen LogP contribution in [0.25, 0.3) is 22.2 Å². The molecule has 4 heteroatoms. The number of nitrogens with zero attached hydrogens (tertiary/aromatic N) is 2. The van der Waals surface area contributed by atoms with Crippen LogP contribution in [0.1, 0.15) is 102 Å². The van der Waals surface area contributed by atoms with Crippen molar-refractivity contribution >= 4 is 16.9 Å². The minimum absolute atomic E-state index is 0.0959. The SMILES string of the molecule is CCCCc1ccc(CNC(=O)C(CCCC(C)n2cc(-c3ccccc3)c3cccnc32)C2CCCCCC2)cc1. The normalized spacial score (nSPS) is 15.8. The molecule has 1 aliphatic rings. The van der Waals surface area contributed by atoms with Gasteiger partial charge < -0.3 is 9.88 Å². The molecule has 2 unspecified atom stereocenters. The van der Waals surface area contributed by atoms with Crippen LogP contribution in [-0.2, 0) is 17.8 Å². The van der Waals surface area contributed by atoms with Gasteiger partial charge in [0.25, 0.3) is 0 Å². The summed E-state index contributed by atoms with van der Waals surface area (Å²) in [4.78, 5) is 18.5. The van der Waals surface area contributed by atoms with E-state index < -0.39 is 0 Å². The molecule has 1 N–H and O–H groups in total. The van der Waals surface area contributed by atoms with Crippen LogP contribution in [0, 0.1) is 11.8 Å². The van der Waals surface area contributed by atoms with E-state index in [2.05, 4.69) is 90.6 Å². The molecule has 2 aromatic heterocycles. The average Bonchev–Trinajstić information content (AvgIpc) is 3.21. The van der Waals surface area contributed by atoms with Crippen LogP contribution in [0.4, 0.5) is 0 Å². The lowest BCUT2D eigenvalue weighted by molar-refractivity contribution is -0.127. The van der Waals surface area contributed by atoms with Crippen molar-refractivity contribution in [3.05, 3.63) is 90.3 Å². The number of nitrogens with one attached hydrogen (secondary N) is 1. The lowest BCUT2D eigenvalue weighted by Crippen LogP contribution is -2.35. The zero-order valence-electron chi connectivity index (χ0n) is 25.7. The summed E-state index contributed by atoms with van der Waals surface area (Å²) in [6.07, 6.45) is 18.3. The smallest absolute Gasteiger partial charge is 0.223 e. The van der Waals surface area contributed by atoms with Gasteiger partial charge >= 0.3 is 0 Å². The van der Waals surface area contributed by atoms with Crippen molar-refractivity contribution in [3.8, 4) is 11.1 Å². The third-order valence-electron chi connectivity index (χ3n) is 9.40. The molecule has 0 bridgehead atoms. The molecule has 42 heavy (non-hydrogen) atoms. The largest absolute Gasteiger partial charge is 0.352 e. The monoisotopic (exact) mass is 563 g/mol. The van der Waals surface area contributed by atoms with Gasteiger partial charge in [0.05, 0.1) is 0 Å². The summed E-state index contributed by atoms with van der Waals surface area (Å²) in [6.45, 7) is 5.15. The molecular weight excluding hydrogens is 514 g/mol. The maximum absolute atomic E-state index is 13.7. The first-order chi connectivity index (χ1) is 20.6. The summed E-state index contributed by atoms with van der Waals surface area (Å²) in [6, 6.07) is 24.0. The minimum Gasteiger partial charge on any atom is -0.352 e. The molecular formula is C38H49N3O. The van der Waals surface area contributed by atoms with Gasteiger partial charge in [-0.05, 0) is 80.2 Å². The maximum Gasteiger partial charge on any atom is 0.223 e. The molecule has 222 valence electrons. The molecule has 0 saturated heterocycles. The highest BCUT2D eigenvalue weighted by atomic mass is 16.1. The van der Waals surface area contributed by atoms with Gasteiger partial charge in [0, 0.05) is 41.8 Å². The summed E-state index contributed by atoms with van der Waals surface area (Å²) in [5.74, 6) is 0.848. The van der Waals surface area contributed by atoms with Gasteiger partial charge in [0.15, 0.2) is 0 Å². The number of hydrogen-bond donors (Lipinski definition) is 1. The molecule has 0 aliphatic heterocycles. The van der Waals surface area contributed by atoms with Crippen LogP contribution in [0.2, 0.25) is 0 Å². The van der Waals surface area contributed by atoms with E-state index in [4.69, 9.17) is 4.98 Å². The van der Waals surface area contributed by atoms with Crippen molar-refractivity contribution < 1.29 is 4.79 Å². The van der Waals surface area contributed by atoms with Gasteiger partial charge in [-0.25, -0.2) is 4.98 Å². The van der Waals surface area contributed by atoms with Gasteiger partial charge in [-0.3, -0.25) is 4.79 Å². The molecule has 1 saturated carbocycles. The average molecular weight is 564 g/mol. The molecule has 2 aromatic carbocycles. The molecule has 2 heterocycles. The van der Waals surface area contributed by atoms with Gasteiger partial charge in [-0.2, -0.15) is 0 Å². The Bertz CT molecular complexity index is 1380. The second-order valence-corrected chi connectivity index (χ2v) is 12.5. The standard InChI is InChI=1S/C38H49N3O/c1-3-4-15-30-22-24-31(25-23-30)27-40-38(42)34(32-16-8-5-6-9-17-32)20-12-14-29(2)41-28-36(33-18-10-7-11-19-33)35-21-13-26-39-37(35)41/h7,10-11,13,18-19,21-26,28-29,32,34H,3-6,8-9,12,14-17,20,27H2,1-2H3,(H,40,42). The quantitative estimate of drug-likeness (QED) is 0.165. The summed E-state index contributed by atoms with van der Waals surface area (Å²) in [7, 11) is 0. The number of carbonyl (C=O) groups excluding carboxylic acids is 1. The second kappa shape index (κ2) is 15.2. The highest BCUT2D eigenvalue weighted by Gasteiger charge is 2.28. The predicted octanol–water partition coefficient (Wildman–Crippen LogP) is 9.68. The van der Waals surface area contributed by atoms with Crippen molar-refractivity contribution in [2.24, 2.45) is 11.8 Å². The van der Waals surface area contributed by atoms with Crippen LogP contribution >= 0.6 is 0 Å². The Morgan fingerprint density at radius 2 is 1.64 bits per heavy atom. The summed E-state index contributed by atoms with van der Waals surface area (Å²) in [5, 5.41) is 4.54. The third kappa shape index (κ3) is 7.70. The van der Waals surface area contributed by atoms with Crippen molar-refractivity contribution in [3.63, 3.8) is 0 Å². The minimum atomic E-state index is 0.0959. The zero-order chi connectivity index (χ0) is 29.1. The van der Waals surface area contributed by atoms with E-state index in [0.29, 0.717) is 18.5 Å². The number of carbonyl (C=O) groups is 1. The van der Waals surface area contributed by atoms with Crippen LogP contribution in [0.15, 0.2) is 79.1 Å². The van der Waals surface area contributed by atoms with E-state index in [1.165, 1.54) is 79.0 Å². The second-order valence-electron chi connectivity index (χ2n) is 12.5. The van der Waals surface area contributed by atoms with Gasteiger partial charge in [0.1, 0.15) is 5.65 Å². The molecule has 1 aliphatic carbocycles.